The van der Waals surface area contributed by atoms with E-state index in [9.17, 15) is 8.42 Å². The molecule has 3 heterocycles. The lowest BCUT2D eigenvalue weighted by molar-refractivity contribution is 0.214. The first kappa shape index (κ1) is 16.5. The Kier molecular flexibility index (Phi) is 5.34. The van der Waals surface area contributed by atoms with Crippen LogP contribution in [0.25, 0.3) is 0 Å². The highest BCUT2D eigenvalue weighted by Crippen LogP contribution is 2.40. The minimum Gasteiger partial charge on any atom is -0.317 e. The van der Waals surface area contributed by atoms with Crippen molar-refractivity contribution < 1.29 is 8.42 Å². The van der Waals surface area contributed by atoms with Crippen LogP contribution in [-0.2, 0) is 10.2 Å². The summed E-state index contributed by atoms with van der Waals surface area (Å²) in [5.41, 5.74) is 0.258. The van der Waals surface area contributed by atoms with Crippen LogP contribution in [0.1, 0.15) is 38.5 Å². The first-order valence-electron chi connectivity index (χ1n) is 7.58. The molecule has 3 rings (SSSR count). The van der Waals surface area contributed by atoms with E-state index in [2.05, 4.69) is 5.32 Å². The second-order valence-electron chi connectivity index (χ2n) is 6.30. The largest absolute Gasteiger partial charge is 0.317 e. The van der Waals surface area contributed by atoms with Gasteiger partial charge in [0.2, 0.25) is 0 Å². The molecule has 0 saturated carbocycles. The van der Waals surface area contributed by atoms with Gasteiger partial charge in [-0.1, -0.05) is 6.42 Å². The summed E-state index contributed by atoms with van der Waals surface area (Å²) in [5, 5.41) is 3.37. The molecule has 3 fully saturated rings. The number of rotatable bonds is 2. The molecule has 1 spiro atoms. The molecule has 118 valence electrons. The summed E-state index contributed by atoms with van der Waals surface area (Å²) in [5.74, 6) is 0. The molecule has 5 nitrogen and oxygen atoms in total. The van der Waals surface area contributed by atoms with Gasteiger partial charge in [-0.2, -0.15) is 17.0 Å². The highest BCUT2D eigenvalue weighted by molar-refractivity contribution is 7.86. The summed E-state index contributed by atoms with van der Waals surface area (Å²) in [7, 11) is -3.19. The predicted molar refractivity (Wildman–Crippen MR) is 82.3 cm³/mol. The maximum atomic E-state index is 12.7. The second kappa shape index (κ2) is 6.48. The van der Waals surface area contributed by atoms with Crippen LogP contribution in [0.15, 0.2) is 0 Å². The molecule has 3 aliphatic rings. The Morgan fingerprint density at radius 1 is 0.850 bits per heavy atom. The normalized spacial score (nSPS) is 28.4. The summed E-state index contributed by atoms with van der Waals surface area (Å²) in [4.78, 5) is 0. The highest BCUT2D eigenvalue weighted by atomic mass is 35.5. The van der Waals surface area contributed by atoms with E-state index in [-0.39, 0.29) is 17.8 Å². The Bertz CT molecular complexity index is 417. The molecule has 0 aliphatic carbocycles. The van der Waals surface area contributed by atoms with E-state index >= 15 is 0 Å². The molecule has 0 unspecified atom stereocenters. The van der Waals surface area contributed by atoms with Crippen molar-refractivity contribution in [2.75, 3.05) is 39.3 Å². The van der Waals surface area contributed by atoms with Crippen LogP contribution < -0.4 is 5.32 Å². The topological polar surface area (TPSA) is 52.7 Å². The average molecular weight is 324 g/mol. The third kappa shape index (κ3) is 3.14. The summed E-state index contributed by atoms with van der Waals surface area (Å²) in [6, 6.07) is 0. The summed E-state index contributed by atoms with van der Waals surface area (Å²) in [6.07, 6.45) is 6.49. The standard InChI is InChI=1S/C13H25N3O2S.ClH/c17-19(18,15-9-2-1-3-10-15)16-11-6-13(12-16)4-7-14-8-5-13;/h14H,1-12H2;1H. The third-order valence-electron chi connectivity index (χ3n) is 5.04. The number of piperidine rings is 2. The number of hydrogen-bond donors (Lipinski definition) is 1. The number of nitrogens with zero attached hydrogens (tertiary/aromatic N) is 2. The quantitative estimate of drug-likeness (QED) is 0.831. The molecular formula is C13H26ClN3O2S. The minimum absolute atomic E-state index is 0. The van der Waals surface area contributed by atoms with Crippen molar-refractivity contribution in [2.24, 2.45) is 5.41 Å². The first-order chi connectivity index (χ1) is 9.12. The lowest BCUT2D eigenvalue weighted by atomic mass is 9.78. The lowest BCUT2D eigenvalue weighted by Crippen LogP contribution is -2.46. The SMILES string of the molecule is Cl.O=S(=O)(N1CCCCC1)N1CCC2(CCNCC2)C1. The fraction of sp³-hybridized carbons (Fsp3) is 1.00. The Labute approximate surface area is 128 Å². The van der Waals surface area contributed by atoms with E-state index in [1.54, 1.807) is 8.61 Å². The van der Waals surface area contributed by atoms with Crippen molar-refractivity contribution in [3.05, 3.63) is 0 Å². The first-order valence-corrected chi connectivity index (χ1v) is 8.98. The van der Waals surface area contributed by atoms with Crippen LogP contribution in [-0.4, -0.2) is 56.3 Å². The molecule has 0 amide bonds. The maximum Gasteiger partial charge on any atom is 0.281 e. The van der Waals surface area contributed by atoms with Crippen molar-refractivity contribution in [2.45, 2.75) is 38.5 Å². The second-order valence-corrected chi connectivity index (χ2v) is 8.23. The van der Waals surface area contributed by atoms with Gasteiger partial charge >= 0.3 is 0 Å². The zero-order chi connectivity index (χ0) is 13.3. The van der Waals surface area contributed by atoms with E-state index in [0.29, 0.717) is 13.1 Å². The molecule has 3 aliphatic heterocycles. The Hall–Kier alpha value is 0.120. The van der Waals surface area contributed by atoms with Gasteiger partial charge in [-0.05, 0) is 50.6 Å². The van der Waals surface area contributed by atoms with Crippen LogP contribution in [0.4, 0.5) is 0 Å². The van der Waals surface area contributed by atoms with Crippen molar-refractivity contribution >= 4 is 22.6 Å². The van der Waals surface area contributed by atoms with E-state index in [1.807, 2.05) is 0 Å². The zero-order valence-electron chi connectivity index (χ0n) is 12.0. The van der Waals surface area contributed by atoms with Gasteiger partial charge < -0.3 is 5.32 Å². The Balaban J connectivity index is 0.00000147. The Morgan fingerprint density at radius 3 is 2.15 bits per heavy atom. The highest BCUT2D eigenvalue weighted by Gasteiger charge is 2.44. The van der Waals surface area contributed by atoms with Gasteiger partial charge in [-0.3, -0.25) is 0 Å². The van der Waals surface area contributed by atoms with Crippen molar-refractivity contribution in [3.8, 4) is 0 Å². The Morgan fingerprint density at radius 2 is 1.50 bits per heavy atom. The van der Waals surface area contributed by atoms with Crippen molar-refractivity contribution in [1.29, 1.82) is 0 Å². The molecule has 3 saturated heterocycles. The fourth-order valence-corrected chi connectivity index (χ4v) is 5.52. The molecule has 7 heteroatoms. The molecule has 20 heavy (non-hydrogen) atoms. The fourth-order valence-electron chi connectivity index (χ4n) is 3.72. The van der Waals surface area contributed by atoms with Gasteiger partial charge in [-0.15, -0.1) is 12.4 Å². The number of hydrogen-bond acceptors (Lipinski definition) is 3. The van der Waals surface area contributed by atoms with Gasteiger partial charge in [0.25, 0.3) is 10.2 Å². The summed E-state index contributed by atoms with van der Waals surface area (Å²) < 4.78 is 28.8. The van der Waals surface area contributed by atoms with Gasteiger partial charge in [0.15, 0.2) is 0 Å². The smallest absolute Gasteiger partial charge is 0.281 e. The van der Waals surface area contributed by atoms with E-state index in [0.717, 1.165) is 58.3 Å². The van der Waals surface area contributed by atoms with Gasteiger partial charge in [0.05, 0.1) is 0 Å². The van der Waals surface area contributed by atoms with E-state index in [1.165, 1.54) is 6.42 Å². The summed E-state index contributed by atoms with van der Waals surface area (Å²) >= 11 is 0. The molecular weight excluding hydrogens is 298 g/mol. The monoisotopic (exact) mass is 323 g/mol. The summed E-state index contributed by atoms with van der Waals surface area (Å²) in [6.45, 7) is 4.97. The predicted octanol–water partition coefficient (Wildman–Crippen LogP) is 1.21. The van der Waals surface area contributed by atoms with Crippen LogP contribution in [0.5, 0.6) is 0 Å². The lowest BCUT2D eigenvalue weighted by Gasteiger charge is -2.35. The van der Waals surface area contributed by atoms with Crippen LogP contribution >= 0.6 is 12.4 Å². The van der Waals surface area contributed by atoms with Crippen molar-refractivity contribution in [1.82, 2.24) is 13.9 Å². The van der Waals surface area contributed by atoms with Crippen molar-refractivity contribution in [3.63, 3.8) is 0 Å². The molecule has 0 bridgehead atoms. The molecule has 0 aromatic rings. The molecule has 0 aromatic heterocycles. The average Bonchev–Trinajstić information content (AvgIpc) is 2.85. The van der Waals surface area contributed by atoms with E-state index < -0.39 is 10.2 Å². The van der Waals surface area contributed by atoms with Gasteiger partial charge in [-0.25, -0.2) is 0 Å². The van der Waals surface area contributed by atoms with Gasteiger partial charge in [0, 0.05) is 26.2 Å². The maximum absolute atomic E-state index is 12.7. The molecule has 1 N–H and O–H groups in total. The third-order valence-corrected chi connectivity index (χ3v) is 7.02. The van der Waals surface area contributed by atoms with Crippen LogP contribution in [0.3, 0.4) is 0 Å². The minimum atomic E-state index is -3.19. The van der Waals surface area contributed by atoms with E-state index in [4.69, 9.17) is 0 Å². The van der Waals surface area contributed by atoms with Crippen LogP contribution in [0.2, 0.25) is 0 Å². The number of halogens is 1. The number of nitrogens with one attached hydrogen (secondary N) is 1. The molecule has 0 radical (unpaired) electrons. The zero-order valence-corrected chi connectivity index (χ0v) is 13.6. The molecule has 0 atom stereocenters. The van der Waals surface area contributed by atoms with Crippen LogP contribution in [0, 0.1) is 5.41 Å². The van der Waals surface area contributed by atoms with Gasteiger partial charge in [0.1, 0.15) is 0 Å². The molecule has 0 aromatic carbocycles.